The highest BCUT2D eigenvalue weighted by molar-refractivity contribution is 5.87. The van der Waals surface area contributed by atoms with Crippen molar-refractivity contribution >= 4 is 28.7 Å². The summed E-state index contributed by atoms with van der Waals surface area (Å²) < 4.78 is 5.75. The fraction of sp³-hybridized carbons (Fsp3) is 0.429. The predicted octanol–water partition coefficient (Wildman–Crippen LogP) is 1.69. The van der Waals surface area contributed by atoms with E-state index < -0.39 is 6.10 Å². The number of hydrogen-bond donors (Lipinski definition) is 4. The van der Waals surface area contributed by atoms with Gasteiger partial charge in [0.05, 0.1) is 0 Å². The number of nitrogen functional groups attached to an aromatic ring is 3. The number of rotatable bonds is 8. The summed E-state index contributed by atoms with van der Waals surface area (Å²) in [4.78, 5) is 18.9. The van der Waals surface area contributed by atoms with Crippen molar-refractivity contribution in [2.75, 3.05) is 30.4 Å². The van der Waals surface area contributed by atoms with Gasteiger partial charge in [0.25, 0.3) is 0 Å². The van der Waals surface area contributed by atoms with E-state index in [9.17, 15) is 5.11 Å². The van der Waals surface area contributed by atoms with E-state index >= 15 is 0 Å². The number of aliphatic hydroxyl groups is 1. The first-order chi connectivity index (χ1) is 14.7. The van der Waals surface area contributed by atoms with Crippen LogP contribution in [-0.2, 0) is 0 Å². The molecule has 31 heavy (non-hydrogen) atoms. The molecule has 10 heteroatoms. The highest BCUT2D eigenvalue weighted by Gasteiger charge is 2.18. The Hall–Kier alpha value is -3.24. The normalized spacial score (nSPS) is 12.8. The van der Waals surface area contributed by atoms with Gasteiger partial charge in [-0.1, -0.05) is 0 Å². The van der Waals surface area contributed by atoms with Crippen LogP contribution < -0.4 is 21.9 Å². The van der Waals surface area contributed by atoms with Crippen LogP contribution in [0, 0.1) is 0 Å². The maximum Gasteiger partial charge on any atom is 0.224 e. The van der Waals surface area contributed by atoms with Gasteiger partial charge in [-0.25, -0.2) is 9.97 Å². The maximum atomic E-state index is 10.4. The summed E-state index contributed by atoms with van der Waals surface area (Å²) in [6.07, 6.45) is -0.595. The molecule has 0 aliphatic rings. The van der Waals surface area contributed by atoms with Crippen LogP contribution in [0.1, 0.15) is 27.7 Å². The molecule has 0 aliphatic heterocycles. The van der Waals surface area contributed by atoms with Crippen molar-refractivity contribution in [3.8, 4) is 17.0 Å². The zero-order valence-corrected chi connectivity index (χ0v) is 18.3. The summed E-state index contributed by atoms with van der Waals surface area (Å²) in [6.45, 7) is 9.20. The first-order valence-electron chi connectivity index (χ1n) is 10.2. The Bertz CT molecular complexity index is 1030. The zero-order valence-electron chi connectivity index (χ0n) is 18.3. The molecule has 0 saturated heterocycles. The molecule has 0 aliphatic carbocycles. The van der Waals surface area contributed by atoms with Crippen molar-refractivity contribution in [2.24, 2.45) is 0 Å². The van der Waals surface area contributed by atoms with E-state index in [-0.39, 0.29) is 29.8 Å². The molecule has 0 spiro atoms. The summed E-state index contributed by atoms with van der Waals surface area (Å²) in [6, 6.07) is 7.91. The first kappa shape index (κ1) is 22.4. The average Bonchev–Trinajstić information content (AvgIpc) is 2.70. The van der Waals surface area contributed by atoms with Crippen LogP contribution in [0.3, 0.4) is 0 Å². The van der Waals surface area contributed by atoms with Crippen molar-refractivity contribution in [1.29, 1.82) is 0 Å². The molecular weight excluding hydrogens is 396 g/mol. The first-order valence-corrected chi connectivity index (χ1v) is 10.2. The predicted molar refractivity (Wildman–Crippen MR) is 122 cm³/mol. The topological polar surface area (TPSA) is 162 Å². The van der Waals surface area contributed by atoms with Crippen molar-refractivity contribution in [2.45, 2.75) is 45.9 Å². The Morgan fingerprint density at radius 1 is 0.903 bits per heavy atom. The number of nitrogens with two attached hydrogens (primary N) is 3. The molecule has 0 bridgehead atoms. The van der Waals surface area contributed by atoms with Gasteiger partial charge in [0.15, 0.2) is 22.8 Å². The monoisotopic (exact) mass is 426 g/mol. The number of aliphatic hydroxyl groups excluding tert-OH is 1. The van der Waals surface area contributed by atoms with E-state index in [0.717, 1.165) is 5.56 Å². The van der Waals surface area contributed by atoms with Gasteiger partial charge in [-0.15, -0.1) is 0 Å². The number of anilines is 3. The van der Waals surface area contributed by atoms with Crippen LogP contribution in [0.25, 0.3) is 22.4 Å². The van der Waals surface area contributed by atoms with Gasteiger partial charge in [-0.3, -0.25) is 4.90 Å². The fourth-order valence-corrected chi connectivity index (χ4v) is 3.43. The lowest BCUT2D eigenvalue weighted by atomic mass is 10.1. The molecule has 3 rings (SSSR count). The number of hydrogen-bond acceptors (Lipinski definition) is 10. The van der Waals surface area contributed by atoms with E-state index in [0.29, 0.717) is 35.6 Å². The van der Waals surface area contributed by atoms with E-state index in [1.165, 1.54) is 0 Å². The van der Waals surface area contributed by atoms with Crippen LogP contribution >= 0.6 is 0 Å². The number of ether oxygens (including phenoxy) is 1. The highest BCUT2D eigenvalue weighted by Crippen LogP contribution is 2.28. The van der Waals surface area contributed by atoms with Crippen LogP contribution in [0.5, 0.6) is 5.75 Å². The quantitative estimate of drug-likeness (QED) is 0.417. The third-order valence-corrected chi connectivity index (χ3v) is 4.92. The van der Waals surface area contributed by atoms with Crippen molar-refractivity contribution in [3.05, 3.63) is 24.3 Å². The standard InChI is InChI=1S/C21H30N8O2/c1-11(2)29(12(3)4)9-14(30)10-31-15-7-5-13(6-8-15)16-18(22)26-20-17(25-16)19(23)27-21(24)28-20/h5-8,11-12,14,30H,9-10H2,1-4H3,(H6,22,23,24,26,27,28). The highest BCUT2D eigenvalue weighted by atomic mass is 16.5. The molecule has 1 aromatic carbocycles. The minimum absolute atomic E-state index is 0.0139. The van der Waals surface area contributed by atoms with Gasteiger partial charge in [0.2, 0.25) is 5.95 Å². The molecule has 1 atom stereocenters. The number of aromatic nitrogens is 4. The molecule has 2 aromatic heterocycles. The van der Waals surface area contributed by atoms with Crippen molar-refractivity contribution < 1.29 is 9.84 Å². The Balaban J connectivity index is 1.71. The summed E-state index contributed by atoms with van der Waals surface area (Å²) >= 11 is 0. The molecule has 0 radical (unpaired) electrons. The van der Waals surface area contributed by atoms with Crippen LogP contribution in [0.15, 0.2) is 24.3 Å². The fourth-order valence-electron chi connectivity index (χ4n) is 3.43. The number of fused-ring (bicyclic) bond motifs is 1. The third-order valence-electron chi connectivity index (χ3n) is 4.92. The summed E-state index contributed by atoms with van der Waals surface area (Å²) in [7, 11) is 0. The molecule has 1 unspecified atom stereocenters. The lowest BCUT2D eigenvalue weighted by molar-refractivity contribution is 0.0445. The molecule has 10 nitrogen and oxygen atoms in total. The van der Waals surface area contributed by atoms with Gasteiger partial charge in [0.1, 0.15) is 24.2 Å². The zero-order chi connectivity index (χ0) is 22.7. The molecule has 0 fully saturated rings. The molecule has 0 saturated carbocycles. The number of nitrogens with zero attached hydrogens (tertiary/aromatic N) is 5. The Morgan fingerprint density at radius 2 is 1.55 bits per heavy atom. The molecule has 3 aromatic rings. The molecule has 7 N–H and O–H groups in total. The second kappa shape index (κ2) is 9.27. The summed E-state index contributed by atoms with van der Waals surface area (Å²) in [5.74, 6) is 0.991. The molecular formula is C21H30N8O2. The summed E-state index contributed by atoms with van der Waals surface area (Å²) in [5, 5.41) is 10.4. The Labute approximate surface area is 181 Å². The second-order valence-corrected chi connectivity index (χ2v) is 7.97. The lowest BCUT2D eigenvalue weighted by Gasteiger charge is -2.32. The average molecular weight is 427 g/mol. The minimum atomic E-state index is -0.595. The minimum Gasteiger partial charge on any atom is -0.491 e. The van der Waals surface area contributed by atoms with Gasteiger partial charge in [0, 0.05) is 24.2 Å². The molecule has 166 valence electrons. The SMILES string of the molecule is CC(C)N(CC(O)COc1ccc(-c2nc3c(N)nc(N)nc3nc2N)cc1)C(C)C. The smallest absolute Gasteiger partial charge is 0.224 e. The van der Waals surface area contributed by atoms with Gasteiger partial charge in [-0.05, 0) is 52.0 Å². The van der Waals surface area contributed by atoms with E-state index in [1.54, 1.807) is 12.1 Å². The Kier molecular flexibility index (Phi) is 6.71. The number of benzene rings is 1. The van der Waals surface area contributed by atoms with E-state index in [1.807, 2.05) is 12.1 Å². The third kappa shape index (κ3) is 5.28. The Morgan fingerprint density at radius 3 is 2.16 bits per heavy atom. The van der Waals surface area contributed by atoms with Crippen LogP contribution in [-0.4, -0.2) is 61.3 Å². The van der Waals surface area contributed by atoms with Crippen molar-refractivity contribution in [3.63, 3.8) is 0 Å². The van der Waals surface area contributed by atoms with Gasteiger partial charge < -0.3 is 27.0 Å². The second-order valence-electron chi connectivity index (χ2n) is 7.97. The van der Waals surface area contributed by atoms with Crippen LogP contribution in [0.4, 0.5) is 17.6 Å². The van der Waals surface area contributed by atoms with E-state index in [4.69, 9.17) is 21.9 Å². The van der Waals surface area contributed by atoms with Crippen molar-refractivity contribution in [1.82, 2.24) is 24.8 Å². The van der Waals surface area contributed by atoms with Crippen LogP contribution in [0.2, 0.25) is 0 Å². The van der Waals surface area contributed by atoms with Gasteiger partial charge >= 0.3 is 0 Å². The molecule has 2 heterocycles. The largest absolute Gasteiger partial charge is 0.491 e. The van der Waals surface area contributed by atoms with E-state index in [2.05, 4.69) is 52.5 Å². The lowest BCUT2D eigenvalue weighted by Crippen LogP contribution is -2.43. The summed E-state index contributed by atoms with van der Waals surface area (Å²) in [5.41, 5.74) is 19.3. The maximum absolute atomic E-state index is 10.4. The van der Waals surface area contributed by atoms with Gasteiger partial charge in [-0.2, -0.15) is 9.97 Å². The molecule has 0 amide bonds.